The van der Waals surface area contributed by atoms with Crippen LogP contribution < -0.4 is 10.2 Å². The summed E-state index contributed by atoms with van der Waals surface area (Å²) < 4.78 is 7.33. The fourth-order valence-corrected chi connectivity index (χ4v) is 3.99. The fourth-order valence-electron chi connectivity index (χ4n) is 3.99. The number of allylic oxidation sites excluding steroid dienone is 2. The summed E-state index contributed by atoms with van der Waals surface area (Å²) in [4.78, 5) is 19.6. The molecule has 142 valence electrons. The average molecular weight is 359 g/mol. The van der Waals surface area contributed by atoms with Crippen LogP contribution in [0, 0.1) is 0 Å². The Bertz CT molecular complexity index is 675. The predicted molar refractivity (Wildman–Crippen MR) is 100 cm³/mol. The van der Waals surface area contributed by atoms with Crippen molar-refractivity contribution in [2.75, 3.05) is 36.5 Å². The van der Waals surface area contributed by atoms with Crippen LogP contribution in [0.5, 0.6) is 0 Å². The van der Waals surface area contributed by atoms with Crippen LogP contribution in [0.2, 0.25) is 0 Å². The van der Waals surface area contributed by atoms with Crippen LogP contribution in [0.4, 0.5) is 11.9 Å². The van der Waals surface area contributed by atoms with Crippen molar-refractivity contribution in [1.29, 1.82) is 0 Å². The van der Waals surface area contributed by atoms with Crippen molar-refractivity contribution in [1.82, 2.24) is 14.8 Å². The zero-order chi connectivity index (χ0) is 17.8. The minimum Gasteiger partial charge on any atom is -0.378 e. The van der Waals surface area contributed by atoms with E-state index in [1.165, 1.54) is 31.3 Å². The Labute approximate surface area is 154 Å². The van der Waals surface area contributed by atoms with E-state index in [0.29, 0.717) is 32.1 Å². The summed E-state index contributed by atoms with van der Waals surface area (Å²) in [5, 5.41) is 8.01. The molecule has 1 fully saturated rings. The van der Waals surface area contributed by atoms with Gasteiger partial charge in [0.1, 0.15) is 0 Å². The Morgan fingerprint density at radius 3 is 2.38 bits per heavy atom. The number of carbonyl (C=O) groups is 1. The number of anilines is 2. The van der Waals surface area contributed by atoms with Gasteiger partial charge in [-0.15, -0.1) is 5.10 Å². The Kier molecular flexibility index (Phi) is 5.53. The molecule has 0 spiro atoms. The molecule has 7 nitrogen and oxygen atoms in total. The van der Waals surface area contributed by atoms with Gasteiger partial charge in [0.05, 0.1) is 25.5 Å². The second-order valence-corrected chi connectivity index (χ2v) is 7.49. The van der Waals surface area contributed by atoms with Gasteiger partial charge in [-0.1, -0.05) is 32.1 Å². The largest absolute Gasteiger partial charge is 0.378 e. The minimum absolute atomic E-state index is 0.239. The number of ether oxygens (including phenoxy) is 1. The predicted octanol–water partition coefficient (Wildman–Crippen LogP) is 2.89. The lowest BCUT2D eigenvalue weighted by Crippen LogP contribution is -2.37. The number of carbonyl (C=O) groups excluding carboxylic acids is 1. The lowest BCUT2D eigenvalue weighted by Gasteiger charge is -2.25. The number of aromatic nitrogens is 3. The standard InChI is InChI=1S/C19H29N5O2/c25-16-9-7-5-3-1-2-4-6-8-15-14-24-18(20-17(15)16)21-19(22-24)23-10-12-26-13-11-23/h1-14H2,(H,20,21,22). The fraction of sp³-hybridized carbons (Fsp3) is 0.737. The number of nitrogens with one attached hydrogen (secondary N) is 1. The van der Waals surface area contributed by atoms with E-state index in [0.717, 1.165) is 50.4 Å². The normalized spacial score (nSPS) is 22.8. The first kappa shape index (κ1) is 17.5. The first-order valence-corrected chi connectivity index (χ1v) is 10.1. The smallest absolute Gasteiger partial charge is 0.246 e. The van der Waals surface area contributed by atoms with Crippen LogP contribution in [-0.4, -0.2) is 46.9 Å². The number of nitrogens with zero attached hydrogens (tertiary/aromatic N) is 4. The molecule has 0 saturated carbocycles. The molecular formula is C19H29N5O2. The lowest BCUT2D eigenvalue weighted by molar-refractivity contribution is -0.115. The average Bonchev–Trinajstić information content (AvgIpc) is 3.08. The molecule has 3 aliphatic rings. The quantitative estimate of drug-likeness (QED) is 0.831. The third-order valence-electron chi connectivity index (χ3n) is 5.55. The van der Waals surface area contributed by atoms with E-state index >= 15 is 0 Å². The van der Waals surface area contributed by atoms with Crippen LogP contribution >= 0.6 is 0 Å². The maximum absolute atomic E-state index is 12.8. The Balaban J connectivity index is 1.53. The monoisotopic (exact) mass is 359 g/mol. The summed E-state index contributed by atoms with van der Waals surface area (Å²) in [6.07, 6.45) is 10.0. The molecule has 1 saturated heterocycles. The van der Waals surface area contributed by atoms with Crippen LogP contribution in [0.3, 0.4) is 0 Å². The van der Waals surface area contributed by atoms with Crippen LogP contribution in [0.1, 0.15) is 57.8 Å². The SMILES string of the molecule is O=C1CCCCCCCCCC2=C1Nc1nc(N3CCOCC3)nn1C2. The Hall–Kier alpha value is -1.89. The van der Waals surface area contributed by atoms with Crippen LogP contribution in [0.25, 0.3) is 0 Å². The molecule has 0 amide bonds. The molecule has 0 aromatic carbocycles. The van der Waals surface area contributed by atoms with Gasteiger partial charge < -0.3 is 15.0 Å². The van der Waals surface area contributed by atoms with E-state index in [1.807, 2.05) is 4.68 Å². The molecule has 26 heavy (non-hydrogen) atoms. The van der Waals surface area contributed by atoms with E-state index in [-0.39, 0.29) is 5.78 Å². The van der Waals surface area contributed by atoms with E-state index < -0.39 is 0 Å². The highest BCUT2D eigenvalue weighted by Gasteiger charge is 2.26. The van der Waals surface area contributed by atoms with Gasteiger partial charge in [0, 0.05) is 19.5 Å². The van der Waals surface area contributed by atoms with Gasteiger partial charge in [0.25, 0.3) is 0 Å². The molecule has 1 aromatic heterocycles. The van der Waals surface area contributed by atoms with E-state index in [1.54, 1.807) is 0 Å². The van der Waals surface area contributed by atoms with Gasteiger partial charge in [-0.2, -0.15) is 4.98 Å². The Morgan fingerprint density at radius 2 is 1.62 bits per heavy atom. The molecule has 0 bridgehead atoms. The van der Waals surface area contributed by atoms with Crippen LogP contribution in [0.15, 0.2) is 11.3 Å². The second kappa shape index (κ2) is 8.20. The number of fused-ring (bicyclic) bond motifs is 1. The topological polar surface area (TPSA) is 72.3 Å². The molecule has 0 unspecified atom stereocenters. The van der Waals surface area contributed by atoms with Crippen molar-refractivity contribution in [2.24, 2.45) is 0 Å². The molecule has 4 rings (SSSR count). The summed E-state index contributed by atoms with van der Waals surface area (Å²) in [7, 11) is 0. The molecule has 7 heteroatoms. The first-order chi connectivity index (χ1) is 12.8. The number of morpholine rings is 1. The highest BCUT2D eigenvalue weighted by molar-refractivity contribution is 5.98. The van der Waals surface area contributed by atoms with Gasteiger partial charge in [-0.3, -0.25) is 4.79 Å². The van der Waals surface area contributed by atoms with E-state index in [2.05, 4.69) is 20.3 Å². The summed E-state index contributed by atoms with van der Waals surface area (Å²) in [6.45, 7) is 3.74. The van der Waals surface area contributed by atoms with Gasteiger partial charge in [-0.25, -0.2) is 4.68 Å². The maximum atomic E-state index is 12.8. The number of Topliss-reactive ketones (excluding diaryl/α,β-unsaturated/α-hetero) is 1. The van der Waals surface area contributed by atoms with E-state index in [4.69, 9.17) is 4.74 Å². The molecule has 0 radical (unpaired) electrons. The first-order valence-electron chi connectivity index (χ1n) is 10.1. The molecule has 1 aliphatic carbocycles. The van der Waals surface area contributed by atoms with Gasteiger partial charge in [-0.05, 0) is 24.8 Å². The second-order valence-electron chi connectivity index (χ2n) is 7.49. The van der Waals surface area contributed by atoms with Gasteiger partial charge in [0.15, 0.2) is 5.78 Å². The van der Waals surface area contributed by atoms with Crippen molar-refractivity contribution < 1.29 is 9.53 Å². The summed E-state index contributed by atoms with van der Waals surface area (Å²) in [5.41, 5.74) is 1.99. The molecule has 3 heterocycles. The highest BCUT2D eigenvalue weighted by Crippen LogP contribution is 2.28. The zero-order valence-corrected chi connectivity index (χ0v) is 15.5. The highest BCUT2D eigenvalue weighted by atomic mass is 16.5. The number of rotatable bonds is 1. The van der Waals surface area contributed by atoms with Gasteiger partial charge >= 0.3 is 0 Å². The van der Waals surface area contributed by atoms with Gasteiger partial charge in [0.2, 0.25) is 11.9 Å². The molecule has 0 atom stereocenters. The summed E-state index contributed by atoms with van der Waals surface area (Å²) >= 11 is 0. The van der Waals surface area contributed by atoms with Crippen molar-refractivity contribution in [3.63, 3.8) is 0 Å². The number of hydrogen-bond acceptors (Lipinski definition) is 6. The molecule has 1 aromatic rings. The molecule has 1 N–H and O–H groups in total. The van der Waals surface area contributed by atoms with E-state index in [9.17, 15) is 4.79 Å². The third-order valence-corrected chi connectivity index (χ3v) is 5.55. The van der Waals surface area contributed by atoms with Crippen molar-refractivity contribution >= 4 is 17.7 Å². The molecule has 2 aliphatic heterocycles. The number of hydrogen-bond donors (Lipinski definition) is 1. The summed E-state index contributed by atoms with van der Waals surface area (Å²) in [5.74, 6) is 1.68. The maximum Gasteiger partial charge on any atom is 0.246 e. The zero-order valence-electron chi connectivity index (χ0n) is 15.5. The third kappa shape index (κ3) is 3.92. The van der Waals surface area contributed by atoms with Crippen molar-refractivity contribution in [3.05, 3.63) is 11.3 Å². The van der Waals surface area contributed by atoms with Crippen molar-refractivity contribution in [2.45, 2.75) is 64.3 Å². The molecular weight excluding hydrogens is 330 g/mol. The summed E-state index contributed by atoms with van der Waals surface area (Å²) in [6, 6.07) is 0. The van der Waals surface area contributed by atoms with Crippen molar-refractivity contribution in [3.8, 4) is 0 Å². The minimum atomic E-state index is 0.239. The number of ketones is 1. The Morgan fingerprint density at radius 1 is 0.923 bits per heavy atom. The lowest BCUT2D eigenvalue weighted by atomic mass is 9.97. The van der Waals surface area contributed by atoms with Crippen LogP contribution in [-0.2, 0) is 16.1 Å².